The van der Waals surface area contributed by atoms with Gasteiger partial charge < -0.3 is 15.1 Å². The number of fused-ring (bicyclic) bond motifs is 1. The van der Waals surface area contributed by atoms with E-state index in [4.69, 9.17) is 5.14 Å². The minimum atomic E-state index is -3.72. The van der Waals surface area contributed by atoms with Gasteiger partial charge in [0.1, 0.15) is 0 Å². The number of carbonyl (C=O) groups is 1. The van der Waals surface area contributed by atoms with Gasteiger partial charge in [0.15, 0.2) is 5.96 Å². The molecule has 3 N–H and O–H groups in total. The van der Waals surface area contributed by atoms with E-state index < -0.39 is 10.0 Å². The van der Waals surface area contributed by atoms with Crippen molar-refractivity contribution < 1.29 is 13.2 Å². The van der Waals surface area contributed by atoms with Crippen molar-refractivity contribution in [3.05, 3.63) is 59.7 Å². The molecule has 0 aromatic heterocycles. The van der Waals surface area contributed by atoms with Crippen LogP contribution in [0.15, 0.2) is 58.4 Å². The third-order valence-electron chi connectivity index (χ3n) is 4.70. The molecule has 10 heteroatoms. The molecule has 1 aliphatic rings. The molecule has 8 nitrogen and oxygen atoms in total. The molecule has 0 fully saturated rings. The van der Waals surface area contributed by atoms with Crippen molar-refractivity contribution in [2.45, 2.75) is 17.9 Å². The van der Waals surface area contributed by atoms with Crippen LogP contribution in [0, 0.1) is 0 Å². The lowest BCUT2D eigenvalue weighted by Gasteiger charge is -2.23. The Labute approximate surface area is 194 Å². The predicted molar refractivity (Wildman–Crippen MR) is 129 cm³/mol. The molecular weight excluding hydrogens is 517 g/mol. The molecule has 0 unspecified atom stereocenters. The highest BCUT2D eigenvalue weighted by molar-refractivity contribution is 14.0. The van der Waals surface area contributed by atoms with Crippen molar-refractivity contribution in [2.24, 2.45) is 10.1 Å². The number of hydrogen-bond donors (Lipinski definition) is 2. The number of nitrogens with one attached hydrogen (secondary N) is 1. The molecule has 1 heterocycles. The molecule has 0 radical (unpaired) electrons. The molecule has 30 heavy (non-hydrogen) atoms. The number of carbonyl (C=O) groups excluding carboxylic acids is 1. The van der Waals surface area contributed by atoms with Crippen LogP contribution in [0.3, 0.4) is 0 Å². The third kappa shape index (κ3) is 5.92. The Hall–Kier alpha value is -2.18. The summed E-state index contributed by atoms with van der Waals surface area (Å²) in [5, 5.41) is 8.30. The molecule has 0 atom stereocenters. The van der Waals surface area contributed by atoms with Crippen molar-refractivity contribution in [1.82, 2.24) is 10.2 Å². The van der Waals surface area contributed by atoms with Gasteiger partial charge in [0.2, 0.25) is 15.9 Å². The van der Waals surface area contributed by atoms with Crippen LogP contribution >= 0.6 is 24.0 Å². The van der Waals surface area contributed by atoms with Crippen molar-refractivity contribution in [3.63, 3.8) is 0 Å². The summed E-state index contributed by atoms with van der Waals surface area (Å²) in [6.45, 7) is 1.24. The van der Waals surface area contributed by atoms with Crippen LogP contribution in [0.1, 0.15) is 11.1 Å². The smallest absolute Gasteiger partial charge is 0.241 e. The number of nitrogens with zero attached hydrogens (tertiary/aromatic N) is 3. The van der Waals surface area contributed by atoms with Crippen LogP contribution in [0.4, 0.5) is 5.69 Å². The normalized spacial score (nSPS) is 13.4. The summed E-state index contributed by atoms with van der Waals surface area (Å²) in [4.78, 5) is 20.4. The van der Waals surface area contributed by atoms with E-state index in [2.05, 4.69) is 21.3 Å². The summed E-state index contributed by atoms with van der Waals surface area (Å²) >= 11 is 0. The number of primary sulfonamides is 1. The highest BCUT2D eigenvalue weighted by Crippen LogP contribution is 2.27. The number of guanidine groups is 1. The van der Waals surface area contributed by atoms with Gasteiger partial charge in [-0.05, 0) is 35.7 Å². The number of halogens is 1. The van der Waals surface area contributed by atoms with Crippen molar-refractivity contribution in [1.29, 1.82) is 0 Å². The van der Waals surface area contributed by atoms with Gasteiger partial charge in [-0.1, -0.05) is 30.3 Å². The lowest BCUT2D eigenvalue weighted by molar-refractivity contribution is -0.127. The van der Waals surface area contributed by atoms with Gasteiger partial charge in [-0.2, -0.15) is 0 Å². The first-order valence-corrected chi connectivity index (χ1v) is 10.8. The number of likely N-dealkylation sites (N-methyl/N-ethyl adjacent to an activating group) is 1. The monoisotopic (exact) mass is 543 g/mol. The lowest BCUT2D eigenvalue weighted by Crippen LogP contribution is -2.45. The van der Waals surface area contributed by atoms with Crippen LogP contribution in [0.25, 0.3) is 0 Å². The molecule has 0 aliphatic carbocycles. The maximum atomic E-state index is 12.0. The first-order valence-electron chi connectivity index (χ1n) is 9.21. The molecule has 3 rings (SSSR count). The lowest BCUT2D eigenvalue weighted by atomic mass is 10.2. The van der Waals surface area contributed by atoms with Crippen LogP contribution in [0.2, 0.25) is 0 Å². The Bertz CT molecular complexity index is 1020. The maximum Gasteiger partial charge on any atom is 0.241 e. The van der Waals surface area contributed by atoms with Gasteiger partial charge in [0, 0.05) is 26.3 Å². The number of aliphatic imine (C=N–C) groups is 1. The summed E-state index contributed by atoms with van der Waals surface area (Å²) in [5.41, 5.74) is 3.14. The Morgan fingerprint density at radius 3 is 2.47 bits per heavy atom. The number of sulfonamides is 1. The van der Waals surface area contributed by atoms with E-state index in [0.29, 0.717) is 12.5 Å². The quantitative estimate of drug-likeness (QED) is 0.338. The minimum absolute atomic E-state index is 0. The van der Waals surface area contributed by atoms with Gasteiger partial charge >= 0.3 is 0 Å². The Kier molecular flexibility index (Phi) is 8.21. The van der Waals surface area contributed by atoms with Crippen LogP contribution in [-0.4, -0.2) is 52.4 Å². The van der Waals surface area contributed by atoms with E-state index >= 15 is 0 Å². The Morgan fingerprint density at radius 2 is 1.83 bits per heavy atom. The number of benzene rings is 2. The van der Waals surface area contributed by atoms with Crippen LogP contribution in [0.5, 0.6) is 0 Å². The number of hydrogen-bond acceptors (Lipinski definition) is 4. The molecule has 2 aromatic rings. The number of amides is 1. The highest BCUT2D eigenvalue weighted by atomic mass is 127. The molecule has 162 valence electrons. The van der Waals surface area contributed by atoms with Gasteiger partial charge in [-0.15, -0.1) is 24.0 Å². The fraction of sp³-hybridized carbons (Fsp3) is 0.300. The summed E-state index contributed by atoms with van der Waals surface area (Å²) in [6, 6.07) is 14.4. The molecule has 0 saturated carbocycles. The zero-order valence-electron chi connectivity index (χ0n) is 16.9. The van der Waals surface area contributed by atoms with Crippen LogP contribution < -0.4 is 15.4 Å². The second kappa shape index (κ2) is 10.2. The van der Waals surface area contributed by atoms with E-state index in [9.17, 15) is 13.2 Å². The largest absolute Gasteiger partial charge is 0.347 e. The standard InChI is InChI=1S/C20H25N5O3S.HI/c1-24(2)19(26)14-23-20(25-12-11-16-5-3-4-6-18(16)25)22-13-15-7-9-17(10-8-15)29(21,27)28;/h3-10H,11-14H2,1-2H3,(H,22,23)(H2,21,27,28);1H. The molecular formula is C20H26IN5O3S. The van der Waals surface area contributed by atoms with Gasteiger partial charge in [0.05, 0.1) is 18.0 Å². The number of para-hydroxylation sites is 1. The van der Waals surface area contributed by atoms with Gasteiger partial charge in [-0.25, -0.2) is 18.5 Å². The molecule has 0 saturated heterocycles. The van der Waals surface area contributed by atoms with E-state index in [-0.39, 0.29) is 41.3 Å². The molecule has 0 bridgehead atoms. The van der Waals surface area contributed by atoms with E-state index in [1.165, 1.54) is 22.6 Å². The fourth-order valence-corrected chi connectivity index (χ4v) is 3.57. The van der Waals surface area contributed by atoms with Crippen molar-refractivity contribution in [3.8, 4) is 0 Å². The number of anilines is 1. The minimum Gasteiger partial charge on any atom is -0.347 e. The number of nitrogens with two attached hydrogens (primary N) is 1. The van der Waals surface area contributed by atoms with E-state index in [1.54, 1.807) is 26.2 Å². The van der Waals surface area contributed by atoms with Gasteiger partial charge in [-0.3, -0.25) is 4.79 Å². The van der Waals surface area contributed by atoms with Crippen molar-refractivity contribution in [2.75, 3.05) is 32.1 Å². The number of rotatable bonds is 5. The molecule has 0 spiro atoms. The highest BCUT2D eigenvalue weighted by Gasteiger charge is 2.23. The van der Waals surface area contributed by atoms with Crippen molar-refractivity contribution >= 4 is 51.6 Å². The summed E-state index contributed by atoms with van der Waals surface area (Å²) in [7, 11) is -0.307. The summed E-state index contributed by atoms with van der Waals surface area (Å²) in [5.74, 6) is 0.559. The fourth-order valence-electron chi connectivity index (χ4n) is 3.06. The van der Waals surface area contributed by atoms with E-state index in [1.807, 2.05) is 18.2 Å². The van der Waals surface area contributed by atoms with Gasteiger partial charge in [0.25, 0.3) is 0 Å². The zero-order chi connectivity index (χ0) is 21.0. The topological polar surface area (TPSA) is 108 Å². The first-order chi connectivity index (χ1) is 13.8. The Morgan fingerprint density at radius 1 is 1.17 bits per heavy atom. The maximum absolute atomic E-state index is 12.0. The van der Waals surface area contributed by atoms with Crippen LogP contribution in [-0.2, 0) is 27.8 Å². The zero-order valence-corrected chi connectivity index (χ0v) is 20.1. The summed E-state index contributed by atoms with van der Waals surface area (Å²) < 4.78 is 22.8. The second-order valence-corrected chi connectivity index (χ2v) is 8.56. The first kappa shape index (κ1) is 24.1. The Balaban J connectivity index is 0.00000320. The SMILES string of the molecule is CN(C)C(=O)CNC(=NCc1ccc(S(N)(=O)=O)cc1)N1CCc2ccccc21.I. The molecule has 1 aliphatic heterocycles. The second-order valence-electron chi connectivity index (χ2n) is 7.00. The molecule has 1 amide bonds. The third-order valence-corrected chi connectivity index (χ3v) is 5.63. The average Bonchev–Trinajstić information content (AvgIpc) is 3.11. The summed E-state index contributed by atoms with van der Waals surface area (Å²) in [6.07, 6.45) is 0.904. The predicted octanol–water partition coefficient (Wildman–Crippen LogP) is 1.55. The molecule has 2 aromatic carbocycles. The van der Waals surface area contributed by atoms with E-state index in [0.717, 1.165) is 24.2 Å². The average molecular weight is 543 g/mol.